The van der Waals surface area contributed by atoms with Gasteiger partial charge in [-0.3, -0.25) is 4.98 Å². The van der Waals surface area contributed by atoms with Crippen molar-refractivity contribution in [1.29, 1.82) is 0 Å². The minimum Gasteiger partial charge on any atom is -0.347 e. The number of hydrogen-bond acceptors (Lipinski definition) is 3. The lowest BCUT2D eigenvalue weighted by Crippen LogP contribution is -2.26. The maximum absolute atomic E-state index is 15.2. The van der Waals surface area contributed by atoms with E-state index in [4.69, 9.17) is 0 Å². The van der Waals surface area contributed by atoms with Gasteiger partial charge in [-0.25, -0.2) is 21.9 Å². The Morgan fingerprint density at radius 2 is 1.79 bits per heavy atom. The molecule has 34 heavy (non-hydrogen) atoms. The maximum Gasteiger partial charge on any atom is 0.434 e. The summed E-state index contributed by atoms with van der Waals surface area (Å²) in [6.45, 7) is 6.15. The molecule has 1 fully saturated rings. The summed E-state index contributed by atoms with van der Waals surface area (Å²) >= 11 is 0. The summed E-state index contributed by atoms with van der Waals surface area (Å²) in [5.41, 5.74) is -2.48. The predicted molar refractivity (Wildman–Crippen MR) is 118 cm³/mol. The Bertz CT molecular complexity index is 1350. The van der Waals surface area contributed by atoms with Crippen LogP contribution in [0, 0.1) is 17.0 Å². The van der Waals surface area contributed by atoms with E-state index in [1.165, 1.54) is 6.07 Å². The van der Waals surface area contributed by atoms with Crippen LogP contribution in [0.15, 0.2) is 30.6 Å². The molecule has 1 saturated carbocycles. The van der Waals surface area contributed by atoms with Crippen LogP contribution < -0.4 is 4.72 Å². The number of hydrogen-bond donors (Lipinski definition) is 1. The fourth-order valence-corrected chi connectivity index (χ4v) is 5.29. The van der Waals surface area contributed by atoms with Crippen molar-refractivity contribution >= 4 is 20.9 Å². The zero-order chi connectivity index (χ0) is 25.1. The third-order valence-corrected chi connectivity index (χ3v) is 7.46. The summed E-state index contributed by atoms with van der Waals surface area (Å²) in [7, 11) is -3.50. The lowest BCUT2D eigenvalue weighted by molar-refractivity contribution is -0.140. The molecule has 0 amide bonds. The van der Waals surface area contributed by atoms with Gasteiger partial charge >= 0.3 is 6.18 Å². The standard InChI is InChI=1S/C23H24F5N3O2S/c1-22(2,3)12-31-11-13(10-30-34(32,33)14-4-5-14)15-8-18(25)16(9-19(15)31)20-17(24)6-7-29-21(20)23(26,27)28/h6-9,11,14,30H,4-5,10,12H2,1-3H3. The number of rotatable bonds is 6. The Morgan fingerprint density at radius 3 is 2.38 bits per heavy atom. The molecule has 0 unspecified atom stereocenters. The number of sulfonamides is 1. The van der Waals surface area contributed by atoms with Gasteiger partial charge in [0.25, 0.3) is 0 Å². The summed E-state index contributed by atoms with van der Waals surface area (Å²) in [6.07, 6.45) is -1.49. The first kappa shape index (κ1) is 24.6. The van der Waals surface area contributed by atoms with E-state index < -0.39 is 49.9 Å². The van der Waals surface area contributed by atoms with Gasteiger partial charge in [-0.15, -0.1) is 0 Å². The number of nitrogens with one attached hydrogen (secondary N) is 1. The summed E-state index contributed by atoms with van der Waals surface area (Å²) in [5, 5.41) is -0.102. The quantitative estimate of drug-likeness (QED) is 0.446. The number of nitrogens with zero attached hydrogens (tertiary/aromatic N) is 2. The molecule has 0 saturated heterocycles. The normalized spacial score (nSPS) is 15.3. The molecule has 0 bridgehead atoms. The zero-order valence-electron chi connectivity index (χ0n) is 18.8. The number of alkyl halides is 3. The number of pyridine rings is 1. The van der Waals surface area contributed by atoms with E-state index in [1.54, 1.807) is 10.8 Å². The van der Waals surface area contributed by atoms with Crippen LogP contribution in [0.3, 0.4) is 0 Å². The third-order valence-electron chi connectivity index (χ3n) is 5.56. The molecule has 1 aliphatic carbocycles. The molecule has 184 valence electrons. The van der Waals surface area contributed by atoms with Crippen LogP contribution in [0.5, 0.6) is 0 Å². The second-order valence-corrected chi connectivity index (χ2v) is 11.8. The summed E-state index contributed by atoms with van der Waals surface area (Å²) < 4.78 is 99.1. The van der Waals surface area contributed by atoms with Crippen molar-refractivity contribution < 1.29 is 30.4 Å². The topological polar surface area (TPSA) is 64.0 Å². The first-order chi connectivity index (χ1) is 15.7. The van der Waals surface area contributed by atoms with Gasteiger partial charge in [0.05, 0.1) is 10.8 Å². The highest BCUT2D eigenvalue weighted by Gasteiger charge is 2.38. The van der Waals surface area contributed by atoms with Crippen molar-refractivity contribution in [2.45, 2.75) is 58.1 Å². The van der Waals surface area contributed by atoms with Crippen LogP contribution in [-0.2, 0) is 29.3 Å². The molecule has 1 aliphatic rings. The molecule has 0 aliphatic heterocycles. The van der Waals surface area contributed by atoms with Crippen molar-refractivity contribution in [3.8, 4) is 11.1 Å². The smallest absolute Gasteiger partial charge is 0.347 e. The first-order valence-electron chi connectivity index (χ1n) is 10.7. The fraction of sp³-hybridized carbons (Fsp3) is 0.435. The van der Waals surface area contributed by atoms with E-state index >= 15 is 4.39 Å². The van der Waals surface area contributed by atoms with Crippen LogP contribution in [0.25, 0.3) is 22.0 Å². The van der Waals surface area contributed by atoms with E-state index in [0.717, 1.165) is 12.1 Å². The molecule has 1 N–H and O–H groups in total. The van der Waals surface area contributed by atoms with E-state index in [0.29, 0.717) is 42.0 Å². The second-order valence-electron chi connectivity index (χ2n) is 9.77. The second kappa shape index (κ2) is 8.30. The lowest BCUT2D eigenvalue weighted by atomic mass is 9.96. The van der Waals surface area contributed by atoms with E-state index in [-0.39, 0.29) is 12.0 Å². The fourth-order valence-electron chi connectivity index (χ4n) is 3.94. The average Bonchev–Trinajstić information content (AvgIpc) is 3.50. The Balaban J connectivity index is 1.88. The molecule has 2 aromatic heterocycles. The van der Waals surface area contributed by atoms with Crippen molar-refractivity contribution in [3.63, 3.8) is 0 Å². The monoisotopic (exact) mass is 501 g/mol. The van der Waals surface area contributed by atoms with Crippen LogP contribution in [0.1, 0.15) is 44.9 Å². The minimum atomic E-state index is -4.99. The molecule has 0 radical (unpaired) electrons. The number of benzene rings is 1. The highest BCUT2D eigenvalue weighted by molar-refractivity contribution is 7.90. The van der Waals surface area contributed by atoms with Gasteiger partial charge in [-0.1, -0.05) is 20.8 Å². The van der Waals surface area contributed by atoms with E-state index in [2.05, 4.69) is 9.71 Å². The van der Waals surface area contributed by atoms with Gasteiger partial charge in [0.2, 0.25) is 10.0 Å². The van der Waals surface area contributed by atoms with Gasteiger partial charge in [-0.2, -0.15) is 13.2 Å². The van der Waals surface area contributed by atoms with Crippen molar-refractivity contribution in [3.05, 3.63) is 53.5 Å². The first-order valence-corrected chi connectivity index (χ1v) is 12.2. The number of halogens is 5. The average molecular weight is 502 g/mol. The molecule has 0 atom stereocenters. The number of aromatic nitrogens is 2. The van der Waals surface area contributed by atoms with E-state index in [1.807, 2.05) is 20.8 Å². The molecule has 1 aromatic carbocycles. The summed E-state index contributed by atoms with van der Waals surface area (Å²) in [6, 6.07) is 2.95. The van der Waals surface area contributed by atoms with Crippen LogP contribution in [0.2, 0.25) is 0 Å². The minimum absolute atomic E-state index is 0.0969. The largest absolute Gasteiger partial charge is 0.434 e. The summed E-state index contributed by atoms with van der Waals surface area (Å²) in [4.78, 5) is 3.26. The van der Waals surface area contributed by atoms with Gasteiger partial charge in [0.1, 0.15) is 11.6 Å². The molecule has 0 spiro atoms. The van der Waals surface area contributed by atoms with Crippen LogP contribution in [0.4, 0.5) is 22.0 Å². The SMILES string of the molecule is CC(C)(C)Cn1cc(CNS(=O)(=O)C2CC2)c2cc(F)c(-c3c(F)ccnc3C(F)(F)F)cc21. The lowest BCUT2D eigenvalue weighted by Gasteiger charge is -2.20. The van der Waals surface area contributed by atoms with E-state index in [9.17, 15) is 26.0 Å². The molecule has 11 heteroatoms. The Labute approximate surface area is 194 Å². The van der Waals surface area contributed by atoms with Gasteiger partial charge in [-0.05, 0) is 42.0 Å². The highest BCUT2D eigenvalue weighted by atomic mass is 32.2. The van der Waals surface area contributed by atoms with Crippen molar-refractivity contribution in [1.82, 2.24) is 14.3 Å². The molecule has 3 aromatic rings. The van der Waals surface area contributed by atoms with Crippen molar-refractivity contribution in [2.75, 3.05) is 0 Å². The van der Waals surface area contributed by atoms with Crippen LogP contribution >= 0.6 is 0 Å². The van der Waals surface area contributed by atoms with Crippen LogP contribution in [-0.4, -0.2) is 23.2 Å². The zero-order valence-corrected chi connectivity index (χ0v) is 19.6. The Hall–Kier alpha value is -2.53. The molecular formula is C23H24F5N3O2S. The maximum atomic E-state index is 15.2. The predicted octanol–water partition coefficient (Wildman–Crippen LogP) is 5.63. The Kier molecular flexibility index (Phi) is 6.00. The van der Waals surface area contributed by atoms with Gasteiger partial charge < -0.3 is 4.57 Å². The van der Waals surface area contributed by atoms with Crippen molar-refractivity contribution in [2.24, 2.45) is 5.41 Å². The highest BCUT2D eigenvalue weighted by Crippen LogP contribution is 2.40. The third kappa shape index (κ3) is 4.95. The molecule has 2 heterocycles. The summed E-state index contributed by atoms with van der Waals surface area (Å²) in [5.74, 6) is -2.31. The molecule has 5 nitrogen and oxygen atoms in total. The van der Waals surface area contributed by atoms with Gasteiger partial charge in [0, 0.05) is 41.9 Å². The Morgan fingerprint density at radius 1 is 1.12 bits per heavy atom. The number of fused-ring (bicyclic) bond motifs is 1. The molecular weight excluding hydrogens is 477 g/mol. The molecule has 4 rings (SSSR count). The van der Waals surface area contributed by atoms with Gasteiger partial charge in [0.15, 0.2) is 5.69 Å².